The molecule has 0 rings (SSSR count). The van der Waals surface area contributed by atoms with Gasteiger partial charge in [-0.05, 0) is 77.0 Å². The molecule has 0 radical (unpaired) electrons. The van der Waals surface area contributed by atoms with Gasteiger partial charge in [-0.1, -0.05) is 184 Å². The molecule has 3 atom stereocenters. The summed E-state index contributed by atoms with van der Waals surface area (Å²) in [6.07, 6.45) is 54.7. The predicted molar refractivity (Wildman–Crippen MR) is 251 cm³/mol. The number of aliphatic hydroxyl groups excluding tert-OH is 2. The van der Waals surface area contributed by atoms with Crippen molar-refractivity contribution < 1.29 is 43.0 Å². The number of rotatable bonds is 46. The molecule has 0 aliphatic carbocycles. The van der Waals surface area contributed by atoms with Gasteiger partial charge in [0.2, 0.25) is 0 Å². The van der Waals surface area contributed by atoms with E-state index in [0.29, 0.717) is 6.61 Å². The van der Waals surface area contributed by atoms with Crippen molar-refractivity contribution in [1.82, 2.24) is 0 Å². The standard InChI is InChI=1S/C50H91O9P/c1-3-5-7-9-11-13-15-17-19-20-21-22-23-24-25-26-27-29-31-33-35-37-39-41-43-56-46-49(47-58-60(54,55)57-45-48(52)44-51)59-50(53)42-40-38-36-34-32-30-28-18-16-14-12-10-8-6-4-2/h5,7,11,13,17-19,21-22,28,48-49,51-52H,3-4,6,8-10,12,14-16,20,23-27,29-47H2,1-2H3,(H,54,55)/b7-5-,13-11-,19-17-,22-21-,28-18-. The van der Waals surface area contributed by atoms with Crippen molar-refractivity contribution in [2.24, 2.45) is 0 Å². The van der Waals surface area contributed by atoms with Gasteiger partial charge in [-0.2, -0.15) is 0 Å². The quantitative estimate of drug-likeness (QED) is 0.0237. The smallest absolute Gasteiger partial charge is 0.457 e. The molecule has 3 N–H and O–H groups in total. The molecule has 0 aromatic carbocycles. The molecule has 0 heterocycles. The third kappa shape index (κ3) is 45.7. The van der Waals surface area contributed by atoms with Gasteiger partial charge < -0.3 is 24.6 Å². The Morgan fingerprint density at radius 2 is 0.950 bits per heavy atom. The average molecular weight is 867 g/mol. The lowest BCUT2D eigenvalue weighted by Crippen LogP contribution is -2.29. The number of esters is 1. The minimum atomic E-state index is -4.53. The maximum atomic E-state index is 12.6. The van der Waals surface area contributed by atoms with Crippen LogP contribution in [-0.4, -0.2) is 66.3 Å². The Morgan fingerprint density at radius 3 is 1.45 bits per heavy atom. The van der Waals surface area contributed by atoms with Gasteiger partial charge in [0.15, 0.2) is 0 Å². The maximum Gasteiger partial charge on any atom is 0.472 e. The van der Waals surface area contributed by atoms with Crippen LogP contribution in [0.1, 0.15) is 206 Å². The molecule has 0 fully saturated rings. The monoisotopic (exact) mass is 867 g/mol. The fraction of sp³-hybridized carbons (Fsp3) is 0.780. The fourth-order valence-corrected chi connectivity index (χ4v) is 7.31. The third-order valence-electron chi connectivity index (χ3n) is 10.2. The van der Waals surface area contributed by atoms with Gasteiger partial charge in [0.25, 0.3) is 0 Å². The molecule has 0 spiro atoms. The van der Waals surface area contributed by atoms with Crippen molar-refractivity contribution in [3.8, 4) is 0 Å². The van der Waals surface area contributed by atoms with E-state index in [1.807, 2.05) is 0 Å². The first-order chi connectivity index (χ1) is 29.3. The zero-order valence-electron chi connectivity index (χ0n) is 38.4. The van der Waals surface area contributed by atoms with Crippen molar-refractivity contribution in [2.45, 2.75) is 219 Å². The molecule has 0 aliphatic rings. The summed E-state index contributed by atoms with van der Waals surface area (Å²) in [5.74, 6) is -0.393. The zero-order chi connectivity index (χ0) is 43.9. The number of hydrogen-bond acceptors (Lipinski definition) is 8. The summed E-state index contributed by atoms with van der Waals surface area (Å²) in [4.78, 5) is 22.6. The number of hydrogen-bond donors (Lipinski definition) is 3. The van der Waals surface area contributed by atoms with Gasteiger partial charge in [-0.15, -0.1) is 0 Å². The molecule has 3 unspecified atom stereocenters. The van der Waals surface area contributed by atoms with Crippen LogP contribution in [0.2, 0.25) is 0 Å². The van der Waals surface area contributed by atoms with Gasteiger partial charge in [0, 0.05) is 13.0 Å². The molecule has 9 nitrogen and oxygen atoms in total. The van der Waals surface area contributed by atoms with Gasteiger partial charge >= 0.3 is 13.8 Å². The van der Waals surface area contributed by atoms with Crippen molar-refractivity contribution in [3.63, 3.8) is 0 Å². The SMILES string of the molecule is CC/C=C\C/C=C\C/C=C\C/C=C\CCCCCCCCCCCCCOCC(COP(=O)(O)OCC(O)CO)OC(=O)CCCCCCC/C=C\CCCCCCCC. The third-order valence-corrected chi connectivity index (χ3v) is 11.1. The largest absolute Gasteiger partial charge is 0.472 e. The van der Waals surface area contributed by atoms with E-state index < -0.39 is 39.2 Å². The second kappa shape index (κ2) is 46.7. The molecule has 60 heavy (non-hydrogen) atoms. The summed E-state index contributed by atoms with van der Waals surface area (Å²) in [6.45, 7) is 3.39. The van der Waals surface area contributed by atoms with E-state index in [0.717, 1.165) is 83.5 Å². The zero-order valence-corrected chi connectivity index (χ0v) is 39.3. The first-order valence-corrected chi connectivity index (χ1v) is 25.8. The van der Waals surface area contributed by atoms with Crippen molar-refractivity contribution in [1.29, 1.82) is 0 Å². The number of ether oxygens (including phenoxy) is 2. The highest BCUT2D eigenvalue weighted by Gasteiger charge is 2.26. The van der Waals surface area contributed by atoms with Crippen LogP contribution in [0.5, 0.6) is 0 Å². The number of unbranched alkanes of at least 4 members (excludes halogenated alkanes) is 22. The van der Waals surface area contributed by atoms with E-state index in [-0.39, 0.29) is 19.6 Å². The van der Waals surface area contributed by atoms with E-state index in [1.165, 1.54) is 103 Å². The van der Waals surface area contributed by atoms with E-state index in [2.05, 4.69) is 74.6 Å². The topological polar surface area (TPSA) is 132 Å². The summed E-state index contributed by atoms with van der Waals surface area (Å²) in [7, 11) is -4.53. The normalized spacial score (nSPS) is 14.4. The Hall–Kier alpha value is -1.84. The van der Waals surface area contributed by atoms with Crippen LogP contribution in [0.15, 0.2) is 60.8 Å². The van der Waals surface area contributed by atoms with E-state index in [1.54, 1.807) is 0 Å². The van der Waals surface area contributed by atoms with Gasteiger partial charge in [-0.3, -0.25) is 13.8 Å². The Balaban J connectivity index is 4.08. The van der Waals surface area contributed by atoms with E-state index in [4.69, 9.17) is 23.6 Å². The number of allylic oxidation sites excluding steroid dienone is 10. The molecule has 0 saturated heterocycles. The van der Waals surface area contributed by atoms with Crippen molar-refractivity contribution in [2.75, 3.05) is 33.0 Å². The molecule has 350 valence electrons. The van der Waals surface area contributed by atoms with E-state index in [9.17, 15) is 19.4 Å². The predicted octanol–water partition coefficient (Wildman–Crippen LogP) is 13.9. The molecule has 0 aromatic rings. The molecule has 0 amide bonds. The summed E-state index contributed by atoms with van der Waals surface area (Å²) in [6, 6.07) is 0. The highest BCUT2D eigenvalue weighted by atomic mass is 31.2. The molecule has 10 heteroatoms. The Morgan fingerprint density at radius 1 is 0.533 bits per heavy atom. The second-order valence-electron chi connectivity index (χ2n) is 16.1. The van der Waals surface area contributed by atoms with Gasteiger partial charge in [0.05, 0.1) is 26.4 Å². The minimum Gasteiger partial charge on any atom is -0.457 e. The van der Waals surface area contributed by atoms with Crippen LogP contribution in [0.4, 0.5) is 0 Å². The van der Waals surface area contributed by atoms with Crippen LogP contribution < -0.4 is 0 Å². The number of carbonyl (C=O) groups is 1. The fourth-order valence-electron chi connectivity index (χ4n) is 6.52. The van der Waals surface area contributed by atoms with Gasteiger partial charge in [0.1, 0.15) is 12.2 Å². The number of aliphatic hydroxyl groups is 2. The summed E-state index contributed by atoms with van der Waals surface area (Å²) in [5.41, 5.74) is 0. The molecule has 0 saturated carbocycles. The first-order valence-electron chi connectivity index (χ1n) is 24.3. The van der Waals surface area contributed by atoms with Crippen LogP contribution >= 0.6 is 7.82 Å². The molecular weight excluding hydrogens is 776 g/mol. The van der Waals surface area contributed by atoms with E-state index >= 15 is 0 Å². The summed E-state index contributed by atoms with van der Waals surface area (Å²) < 4.78 is 33.5. The lowest BCUT2D eigenvalue weighted by Gasteiger charge is -2.20. The van der Waals surface area contributed by atoms with Crippen LogP contribution in [0.25, 0.3) is 0 Å². The number of carbonyl (C=O) groups excluding carboxylic acids is 1. The van der Waals surface area contributed by atoms with Gasteiger partial charge in [-0.25, -0.2) is 4.57 Å². The Labute approximate surface area is 368 Å². The average Bonchev–Trinajstić information content (AvgIpc) is 3.24. The number of phosphoric acid groups is 1. The maximum absolute atomic E-state index is 12.6. The lowest BCUT2D eigenvalue weighted by atomic mass is 10.1. The van der Waals surface area contributed by atoms with Crippen LogP contribution in [-0.2, 0) is 27.9 Å². The van der Waals surface area contributed by atoms with Crippen LogP contribution in [0.3, 0.4) is 0 Å². The number of phosphoric ester groups is 1. The molecule has 0 aromatic heterocycles. The molecular formula is C50H91O9P. The summed E-state index contributed by atoms with van der Waals surface area (Å²) >= 11 is 0. The highest BCUT2D eigenvalue weighted by Crippen LogP contribution is 2.43. The summed E-state index contributed by atoms with van der Waals surface area (Å²) in [5, 5.41) is 18.4. The minimum absolute atomic E-state index is 0.0425. The Bertz CT molecular complexity index is 1120. The van der Waals surface area contributed by atoms with Crippen molar-refractivity contribution in [3.05, 3.63) is 60.8 Å². The van der Waals surface area contributed by atoms with Crippen LogP contribution in [0, 0.1) is 0 Å². The highest BCUT2D eigenvalue weighted by molar-refractivity contribution is 7.47. The Kier molecular flexibility index (Phi) is 45.2. The molecule has 0 aliphatic heterocycles. The second-order valence-corrected chi connectivity index (χ2v) is 17.5. The lowest BCUT2D eigenvalue weighted by molar-refractivity contribution is -0.154. The first kappa shape index (κ1) is 58.2. The van der Waals surface area contributed by atoms with Crippen molar-refractivity contribution >= 4 is 13.8 Å². The molecule has 0 bridgehead atoms.